The van der Waals surface area contributed by atoms with Gasteiger partial charge < -0.3 is 23.6 Å². The fourth-order valence-corrected chi connectivity index (χ4v) is 4.29. The highest BCUT2D eigenvalue weighted by Gasteiger charge is 2.37. The molecular weight excluding hydrogens is 465 g/mol. The van der Waals surface area contributed by atoms with E-state index in [-0.39, 0.29) is 42.1 Å². The minimum Gasteiger partial charge on any atom is -0.444 e. The van der Waals surface area contributed by atoms with Crippen LogP contribution in [0.1, 0.15) is 70.6 Å². The zero-order chi connectivity index (χ0) is 25.4. The molecule has 10 heteroatoms. The van der Waals surface area contributed by atoms with E-state index in [0.717, 1.165) is 12.8 Å². The van der Waals surface area contributed by atoms with Crippen LogP contribution in [0.4, 0.5) is 18.0 Å². The van der Waals surface area contributed by atoms with Gasteiger partial charge in [-0.2, -0.15) is 0 Å². The molecule has 2 fully saturated rings. The van der Waals surface area contributed by atoms with E-state index in [1.54, 1.807) is 11.0 Å². The molecule has 7 nitrogen and oxygen atoms in total. The second kappa shape index (κ2) is 9.72. The van der Waals surface area contributed by atoms with Crippen molar-refractivity contribution in [3.05, 3.63) is 35.6 Å². The van der Waals surface area contributed by atoms with Gasteiger partial charge in [0.25, 0.3) is 0 Å². The molecular formula is C25H31F3N2O5. The molecule has 1 aliphatic carbocycles. The minimum atomic E-state index is -4.83. The average Bonchev–Trinajstić information content (AvgIpc) is 3.50. The predicted octanol–water partition coefficient (Wildman–Crippen LogP) is 6.42. The van der Waals surface area contributed by atoms with Crippen LogP contribution in [-0.2, 0) is 16.1 Å². The van der Waals surface area contributed by atoms with Crippen molar-refractivity contribution in [1.82, 2.24) is 10.1 Å². The number of nitrogens with zero attached hydrogens (tertiary/aromatic N) is 2. The van der Waals surface area contributed by atoms with E-state index >= 15 is 0 Å². The molecule has 2 aromatic rings. The van der Waals surface area contributed by atoms with Gasteiger partial charge in [0, 0.05) is 29.6 Å². The Labute approximate surface area is 202 Å². The third-order valence-electron chi connectivity index (χ3n) is 6.05. The van der Waals surface area contributed by atoms with E-state index in [9.17, 15) is 18.0 Å². The Morgan fingerprint density at radius 3 is 2.51 bits per heavy atom. The van der Waals surface area contributed by atoms with Crippen molar-refractivity contribution in [2.45, 2.75) is 90.0 Å². The highest BCUT2D eigenvalue weighted by molar-refractivity contribution is 5.70. The van der Waals surface area contributed by atoms with Crippen molar-refractivity contribution < 1.29 is 36.7 Å². The Balaban J connectivity index is 1.48. The van der Waals surface area contributed by atoms with Crippen LogP contribution in [0, 0.1) is 0 Å². The minimum absolute atomic E-state index is 0.0747. The number of rotatable bonds is 6. The van der Waals surface area contributed by atoms with Crippen LogP contribution in [0.25, 0.3) is 11.3 Å². The van der Waals surface area contributed by atoms with Gasteiger partial charge in [-0.15, -0.1) is 13.2 Å². The lowest BCUT2D eigenvalue weighted by Gasteiger charge is -2.38. The number of hydrogen-bond donors (Lipinski definition) is 0. The molecule has 0 radical (unpaired) electrons. The highest BCUT2D eigenvalue weighted by atomic mass is 19.4. The molecule has 2 aliphatic rings. The van der Waals surface area contributed by atoms with Crippen LogP contribution in [0.15, 0.2) is 28.8 Å². The SMILES string of the molecule is CC1CC(OCc2c(-c3ccccc3OC(F)(F)F)noc2C2CC2)CCN1C(=O)OC(C)(C)C. The maximum Gasteiger partial charge on any atom is 0.573 e. The smallest absolute Gasteiger partial charge is 0.444 e. The Kier molecular flexibility index (Phi) is 7.04. The topological polar surface area (TPSA) is 74.0 Å². The third kappa shape index (κ3) is 6.48. The van der Waals surface area contributed by atoms with E-state index < -0.39 is 12.0 Å². The number of carbonyl (C=O) groups is 1. The standard InChI is InChI=1S/C25H31F3N2O5/c1-15-13-17(11-12-30(15)23(31)34-24(2,3)4)32-14-19-21(29-35-22(19)16-9-10-16)18-7-5-6-8-20(18)33-25(26,27)28/h5-8,15-17H,9-14H2,1-4H3. The molecule has 2 unspecified atom stereocenters. The second-order valence-electron chi connectivity index (χ2n) is 10.2. The molecule has 1 saturated heterocycles. The van der Waals surface area contributed by atoms with Crippen molar-refractivity contribution in [1.29, 1.82) is 0 Å². The van der Waals surface area contributed by atoms with Gasteiger partial charge in [-0.1, -0.05) is 17.3 Å². The van der Waals surface area contributed by atoms with Gasteiger partial charge in [0.05, 0.1) is 12.7 Å². The summed E-state index contributed by atoms with van der Waals surface area (Å²) in [6, 6.07) is 5.81. The first-order valence-corrected chi connectivity index (χ1v) is 11.9. The average molecular weight is 497 g/mol. The lowest BCUT2D eigenvalue weighted by molar-refractivity contribution is -0.274. The molecule has 1 aliphatic heterocycles. The van der Waals surface area contributed by atoms with Crippen LogP contribution in [0.3, 0.4) is 0 Å². The predicted molar refractivity (Wildman–Crippen MR) is 121 cm³/mol. The van der Waals surface area contributed by atoms with Gasteiger partial charge in [0.2, 0.25) is 0 Å². The highest BCUT2D eigenvalue weighted by Crippen LogP contribution is 2.45. The summed E-state index contributed by atoms with van der Waals surface area (Å²) in [5.74, 6) is 0.510. The third-order valence-corrected chi connectivity index (χ3v) is 6.05. The largest absolute Gasteiger partial charge is 0.573 e. The molecule has 1 aromatic heterocycles. The number of ether oxygens (including phenoxy) is 3. The normalized spacial score (nSPS) is 21.2. The first-order valence-electron chi connectivity index (χ1n) is 11.9. The summed E-state index contributed by atoms with van der Waals surface area (Å²) in [5, 5.41) is 4.11. The summed E-state index contributed by atoms with van der Waals surface area (Å²) in [7, 11) is 0. The summed E-state index contributed by atoms with van der Waals surface area (Å²) < 4.78 is 60.4. The quantitative estimate of drug-likeness (QED) is 0.459. The van der Waals surface area contributed by atoms with Gasteiger partial charge >= 0.3 is 12.5 Å². The number of aromatic nitrogens is 1. The molecule has 0 spiro atoms. The zero-order valence-corrected chi connectivity index (χ0v) is 20.4. The van der Waals surface area contributed by atoms with Crippen LogP contribution >= 0.6 is 0 Å². The Morgan fingerprint density at radius 2 is 1.89 bits per heavy atom. The molecule has 1 amide bonds. The molecule has 4 rings (SSSR count). The number of hydrogen-bond acceptors (Lipinski definition) is 6. The summed E-state index contributed by atoms with van der Waals surface area (Å²) in [4.78, 5) is 14.2. The number of amides is 1. The molecule has 35 heavy (non-hydrogen) atoms. The first kappa shape index (κ1) is 25.3. The Hall–Kier alpha value is -2.75. The number of halogens is 3. The first-order chi connectivity index (χ1) is 16.4. The summed E-state index contributed by atoms with van der Waals surface area (Å²) in [6.45, 7) is 8.08. The Morgan fingerprint density at radius 1 is 1.17 bits per heavy atom. The summed E-state index contributed by atoms with van der Waals surface area (Å²) in [5.41, 5.74) is 0.575. The zero-order valence-electron chi connectivity index (χ0n) is 20.4. The monoisotopic (exact) mass is 496 g/mol. The van der Waals surface area contributed by atoms with E-state index in [2.05, 4.69) is 9.89 Å². The molecule has 1 saturated carbocycles. The summed E-state index contributed by atoms with van der Waals surface area (Å²) in [6.07, 6.45) is -2.18. The number of benzene rings is 1. The van der Waals surface area contributed by atoms with Gasteiger partial charge in [0.15, 0.2) is 0 Å². The summed E-state index contributed by atoms with van der Waals surface area (Å²) >= 11 is 0. The molecule has 2 atom stereocenters. The Bertz CT molecular complexity index is 1040. The second-order valence-corrected chi connectivity index (χ2v) is 10.2. The maximum absolute atomic E-state index is 13.0. The molecule has 2 heterocycles. The van der Waals surface area contributed by atoms with E-state index in [1.807, 2.05) is 27.7 Å². The van der Waals surface area contributed by atoms with Crippen molar-refractivity contribution >= 4 is 6.09 Å². The molecule has 0 bridgehead atoms. The van der Waals surface area contributed by atoms with Crippen LogP contribution in [-0.4, -0.2) is 46.8 Å². The van der Waals surface area contributed by atoms with Gasteiger partial charge in [-0.3, -0.25) is 0 Å². The van der Waals surface area contributed by atoms with Crippen molar-refractivity contribution in [2.75, 3.05) is 6.54 Å². The van der Waals surface area contributed by atoms with Crippen molar-refractivity contribution in [2.24, 2.45) is 0 Å². The lowest BCUT2D eigenvalue weighted by Crippen LogP contribution is -2.48. The molecule has 192 valence electrons. The van der Waals surface area contributed by atoms with E-state index in [0.29, 0.717) is 36.4 Å². The van der Waals surface area contributed by atoms with Crippen LogP contribution in [0.5, 0.6) is 5.75 Å². The maximum atomic E-state index is 13.0. The van der Waals surface area contributed by atoms with Crippen molar-refractivity contribution in [3.8, 4) is 17.0 Å². The van der Waals surface area contributed by atoms with Gasteiger partial charge in [0.1, 0.15) is 22.8 Å². The van der Waals surface area contributed by atoms with Crippen molar-refractivity contribution in [3.63, 3.8) is 0 Å². The van der Waals surface area contributed by atoms with Crippen LogP contribution < -0.4 is 4.74 Å². The number of carbonyl (C=O) groups excluding carboxylic acids is 1. The number of likely N-dealkylation sites (tertiary alicyclic amines) is 1. The van der Waals surface area contributed by atoms with Gasteiger partial charge in [-0.05, 0) is 65.5 Å². The fourth-order valence-electron chi connectivity index (χ4n) is 4.29. The van der Waals surface area contributed by atoms with E-state index in [4.69, 9.17) is 14.0 Å². The number of piperidine rings is 1. The molecule has 1 aromatic carbocycles. The molecule has 0 N–H and O–H groups in total. The fraction of sp³-hybridized carbons (Fsp3) is 0.600. The van der Waals surface area contributed by atoms with E-state index in [1.165, 1.54) is 18.2 Å². The number of para-hydroxylation sites is 1. The lowest BCUT2D eigenvalue weighted by atomic mass is 10.0. The van der Waals surface area contributed by atoms with Crippen LogP contribution in [0.2, 0.25) is 0 Å². The van der Waals surface area contributed by atoms with Gasteiger partial charge in [-0.25, -0.2) is 4.79 Å². The number of alkyl halides is 3.